The molecule has 0 aromatic heterocycles. The van der Waals surface area contributed by atoms with Gasteiger partial charge in [0.25, 0.3) is 0 Å². The molecule has 2 N–H and O–H groups in total. The number of aldehydes is 1. The first-order chi connectivity index (χ1) is 5.40. The highest BCUT2D eigenvalue weighted by atomic mass is 16.1. The topological polar surface area (TPSA) is 44.4 Å². The quantitative estimate of drug-likeness (QED) is 0.504. The Morgan fingerprint density at radius 1 is 1.73 bits per heavy atom. The second-order valence-electron chi connectivity index (χ2n) is 2.56. The highest BCUT2D eigenvalue weighted by Crippen LogP contribution is 2.18. The van der Waals surface area contributed by atoms with Gasteiger partial charge in [-0.25, -0.2) is 5.43 Å². The van der Waals surface area contributed by atoms with Gasteiger partial charge in [-0.05, 0) is 0 Å². The fraction of sp³-hybridized carbons (Fsp3) is 0.286. The van der Waals surface area contributed by atoms with E-state index in [0.29, 0.717) is 0 Å². The highest BCUT2D eigenvalue weighted by molar-refractivity contribution is 5.59. The lowest BCUT2D eigenvalue weighted by molar-refractivity contribution is -0.109. The molecule has 2 aliphatic heterocycles. The van der Waals surface area contributed by atoms with Crippen LogP contribution in [-0.2, 0) is 4.79 Å². The molecule has 1 saturated heterocycles. The third kappa shape index (κ3) is 1.01. The van der Waals surface area contributed by atoms with E-state index in [4.69, 9.17) is 0 Å². The van der Waals surface area contributed by atoms with Crippen LogP contribution in [0.2, 0.25) is 0 Å². The summed E-state index contributed by atoms with van der Waals surface area (Å²) in [6, 6.07) is -0.0641. The maximum atomic E-state index is 10.4. The second kappa shape index (κ2) is 2.39. The molecule has 0 radical (unpaired) electrons. The molecule has 0 bridgehead atoms. The van der Waals surface area contributed by atoms with Gasteiger partial charge in [-0.2, -0.15) is 0 Å². The van der Waals surface area contributed by atoms with E-state index in [-0.39, 0.29) is 6.04 Å². The van der Waals surface area contributed by atoms with Crippen LogP contribution in [-0.4, -0.2) is 17.3 Å². The van der Waals surface area contributed by atoms with Crippen LogP contribution in [0.25, 0.3) is 0 Å². The first-order valence-corrected chi connectivity index (χ1v) is 3.52. The van der Waals surface area contributed by atoms with Gasteiger partial charge in [0.05, 0.1) is 11.7 Å². The SMILES string of the molecule is O=CC1CC2=CNC=CN2N1. The Balaban J connectivity index is 2.15. The average molecular weight is 151 g/mol. The minimum atomic E-state index is -0.0641. The summed E-state index contributed by atoms with van der Waals surface area (Å²) < 4.78 is 0. The van der Waals surface area contributed by atoms with Crippen molar-refractivity contribution in [2.75, 3.05) is 0 Å². The van der Waals surface area contributed by atoms with Gasteiger partial charge in [-0.1, -0.05) is 0 Å². The number of nitrogens with one attached hydrogen (secondary N) is 2. The van der Waals surface area contributed by atoms with Gasteiger partial charge in [0.1, 0.15) is 6.29 Å². The first-order valence-electron chi connectivity index (χ1n) is 3.52. The van der Waals surface area contributed by atoms with Gasteiger partial charge in [-0.3, -0.25) is 5.01 Å². The summed E-state index contributed by atoms with van der Waals surface area (Å²) in [7, 11) is 0. The summed E-state index contributed by atoms with van der Waals surface area (Å²) in [6.45, 7) is 0. The zero-order valence-corrected chi connectivity index (χ0v) is 5.95. The molecule has 2 aliphatic rings. The molecule has 2 rings (SSSR count). The largest absolute Gasteiger partial charge is 0.365 e. The Hall–Kier alpha value is -1.29. The molecule has 0 amide bonds. The van der Waals surface area contributed by atoms with Crippen molar-refractivity contribution in [1.29, 1.82) is 0 Å². The third-order valence-corrected chi connectivity index (χ3v) is 1.78. The summed E-state index contributed by atoms with van der Waals surface area (Å²) in [6.07, 6.45) is 7.24. The molecule has 1 unspecified atom stereocenters. The van der Waals surface area contributed by atoms with Crippen molar-refractivity contribution in [2.24, 2.45) is 0 Å². The molecule has 58 valence electrons. The van der Waals surface area contributed by atoms with Crippen LogP contribution >= 0.6 is 0 Å². The first kappa shape index (κ1) is 6.42. The van der Waals surface area contributed by atoms with E-state index in [1.165, 1.54) is 0 Å². The van der Waals surface area contributed by atoms with E-state index in [9.17, 15) is 4.79 Å². The van der Waals surface area contributed by atoms with Crippen LogP contribution in [0.3, 0.4) is 0 Å². The van der Waals surface area contributed by atoms with Gasteiger partial charge in [0.2, 0.25) is 0 Å². The Morgan fingerprint density at radius 3 is 3.36 bits per heavy atom. The molecule has 1 atom stereocenters. The maximum absolute atomic E-state index is 10.4. The van der Waals surface area contributed by atoms with E-state index in [0.717, 1.165) is 18.4 Å². The van der Waals surface area contributed by atoms with Crippen LogP contribution < -0.4 is 10.7 Å². The lowest BCUT2D eigenvalue weighted by atomic mass is 10.2. The van der Waals surface area contributed by atoms with Crippen LogP contribution in [0, 0.1) is 0 Å². The summed E-state index contributed by atoms with van der Waals surface area (Å²) in [5.74, 6) is 0. The van der Waals surface area contributed by atoms with Crippen molar-refractivity contribution >= 4 is 6.29 Å². The van der Waals surface area contributed by atoms with Gasteiger partial charge >= 0.3 is 0 Å². The molecule has 4 nitrogen and oxygen atoms in total. The minimum Gasteiger partial charge on any atom is -0.365 e. The molecular formula is C7H9N3O. The number of carbonyl (C=O) groups excluding carboxylic acids is 1. The number of hydrogen-bond donors (Lipinski definition) is 2. The molecule has 0 aromatic rings. The highest BCUT2D eigenvalue weighted by Gasteiger charge is 2.24. The number of hydrogen-bond acceptors (Lipinski definition) is 4. The Labute approximate surface area is 64.5 Å². The van der Waals surface area contributed by atoms with Crippen molar-refractivity contribution in [3.05, 3.63) is 24.3 Å². The zero-order chi connectivity index (χ0) is 7.68. The van der Waals surface area contributed by atoms with Crippen molar-refractivity contribution in [1.82, 2.24) is 15.8 Å². The molecular weight excluding hydrogens is 142 g/mol. The molecule has 1 fully saturated rings. The lowest BCUT2D eigenvalue weighted by Crippen LogP contribution is -2.33. The third-order valence-electron chi connectivity index (χ3n) is 1.78. The number of hydrazine groups is 1. The summed E-state index contributed by atoms with van der Waals surface area (Å²) in [5, 5.41) is 4.82. The van der Waals surface area contributed by atoms with Crippen molar-refractivity contribution in [2.45, 2.75) is 12.5 Å². The van der Waals surface area contributed by atoms with E-state index in [1.54, 1.807) is 0 Å². The monoisotopic (exact) mass is 151 g/mol. The summed E-state index contributed by atoms with van der Waals surface area (Å²) >= 11 is 0. The van der Waals surface area contributed by atoms with Crippen LogP contribution in [0.4, 0.5) is 0 Å². The van der Waals surface area contributed by atoms with Crippen molar-refractivity contribution in [3.8, 4) is 0 Å². The van der Waals surface area contributed by atoms with E-state index < -0.39 is 0 Å². The van der Waals surface area contributed by atoms with Crippen LogP contribution in [0.1, 0.15) is 6.42 Å². The predicted octanol–water partition coefficient (Wildman–Crippen LogP) is -0.320. The van der Waals surface area contributed by atoms with Crippen molar-refractivity contribution in [3.63, 3.8) is 0 Å². The Bertz CT molecular complexity index is 234. The molecule has 11 heavy (non-hydrogen) atoms. The fourth-order valence-electron chi connectivity index (χ4n) is 1.24. The fourth-order valence-corrected chi connectivity index (χ4v) is 1.24. The average Bonchev–Trinajstić information content (AvgIpc) is 2.46. The Morgan fingerprint density at radius 2 is 2.64 bits per heavy atom. The molecule has 0 saturated carbocycles. The second-order valence-corrected chi connectivity index (χ2v) is 2.56. The van der Waals surface area contributed by atoms with E-state index in [1.807, 2.05) is 23.6 Å². The standard InChI is InChI=1S/C7H9N3O/c11-5-6-3-7-4-8-1-2-10(7)9-6/h1-2,4-6,8-9H,3H2. The van der Waals surface area contributed by atoms with Gasteiger partial charge in [-0.15, -0.1) is 0 Å². The van der Waals surface area contributed by atoms with Crippen LogP contribution in [0.15, 0.2) is 24.3 Å². The summed E-state index contributed by atoms with van der Waals surface area (Å²) in [5.41, 5.74) is 4.11. The van der Waals surface area contributed by atoms with Gasteiger partial charge in [0, 0.05) is 25.0 Å². The Kier molecular flexibility index (Phi) is 1.40. The van der Waals surface area contributed by atoms with Gasteiger partial charge < -0.3 is 10.1 Å². The zero-order valence-electron chi connectivity index (χ0n) is 5.95. The van der Waals surface area contributed by atoms with Crippen LogP contribution in [0.5, 0.6) is 0 Å². The molecule has 0 aromatic carbocycles. The van der Waals surface area contributed by atoms with Crippen molar-refractivity contribution < 1.29 is 4.79 Å². The number of nitrogens with zero attached hydrogens (tertiary/aromatic N) is 1. The predicted molar refractivity (Wildman–Crippen MR) is 39.8 cm³/mol. The van der Waals surface area contributed by atoms with Gasteiger partial charge in [0.15, 0.2) is 0 Å². The molecule has 2 heterocycles. The number of rotatable bonds is 1. The number of carbonyl (C=O) groups is 1. The smallest absolute Gasteiger partial charge is 0.139 e. The maximum Gasteiger partial charge on any atom is 0.139 e. The molecule has 0 spiro atoms. The molecule has 4 heteroatoms. The minimum absolute atomic E-state index is 0.0641. The van der Waals surface area contributed by atoms with E-state index >= 15 is 0 Å². The lowest BCUT2D eigenvalue weighted by Gasteiger charge is -2.17. The number of fused-ring (bicyclic) bond motifs is 1. The normalized spacial score (nSPS) is 27.5. The van der Waals surface area contributed by atoms with E-state index in [2.05, 4.69) is 10.7 Å². The summed E-state index contributed by atoms with van der Waals surface area (Å²) in [4.78, 5) is 10.4. The molecule has 0 aliphatic carbocycles.